The highest BCUT2D eigenvalue weighted by Gasteiger charge is 2.23. The number of para-hydroxylation sites is 1. The molecule has 4 rings (SSSR count). The molecule has 23 heavy (non-hydrogen) atoms. The van der Waals surface area contributed by atoms with Crippen molar-refractivity contribution in [2.24, 2.45) is 4.99 Å². The van der Waals surface area contributed by atoms with Crippen LogP contribution in [0, 0.1) is 0 Å². The predicted octanol–water partition coefficient (Wildman–Crippen LogP) is 3.72. The normalized spacial score (nSPS) is 29.5. The van der Waals surface area contributed by atoms with Gasteiger partial charge in [0.1, 0.15) is 5.84 Å². The standard InChI is InChI=1S/C18H19ClN4/c1-22-8-10-23(11-9-22)18-14-4-2-3-5-15(14)20-16-7-6-13(19)12-17(16)21-18/h2-7,12,20H,8-11H2,1H3/i1D3,2D,3D,4D,5D,8D2,9D2. The lowest BCUT2D eigenvalue weighted by atomic mass is 10.1. The number of halogens is 1. The van der Waals surface area contributed by atoms with Crippen molar-refractivity contribution in [2.75, 3.05) is 38.4 Å². The van der Waals surface area contributed by atoms with Gasteiger partial charge < -0.3 is 15.1 Å². The van der Waals surface area contributed by atoms with E-state index in [9.17, 15) is 0 Å². The van der Waals surface area contributed by atoms with Gasteiger partial charge in [0.2, 0.25) is 0 Å². The lowest BCUT2D eigenvalue weighted by Gasteiger charge is -2.34. The number of aliphatic imine (C=N–C) groups is 1. The van der Waals surface area contributed by atoms with Gasteiger partial charge in [0, 0.05) is 52.0 Å². The SMILES string of the molecule is [2H]c1c([2H])c([2H])c2c(c1[2H])Nc1ccc(Cl)cc1N=C2N1CC([2H])([2H])N(C([2H])([2H])[2H])C([2H])([2H])C1. The molecule has 5 heteroatoms. The van der Waals surface area contributed by atoms with Crippen molar-refractivity contribution < 1.29 is 15.1 Å². The summed E-state index contributed by atoms with van der Waals surface area (Å²) in [6.45, 7) is -9.65. The number of benzene rings is 2. The second kappa shape index (κ2) is 5.87. The first kappa shape index (κ1) is 6.83. The highest BCUT2D eigenvalue weighted by Crippen LogP contribution is 2.36. The molecule has 1 N–H and O–H groups in total. The molecule has 0 bridgehead atoms. The van der Waals surface area contributed by atoms with E-state index in [0.29, 0.717) is 10.7 Å². The number of fused-ring (bicyclic) bond motifs is 2. The maximum atomic E-state index is 8.49. The number of anilines is 2. The molecule has 0 aliphatic carbocycles. The first-order valence-electron chi connectivity index (χ1n) is 12.4. The Kier molecular flexibility index (Phi) is 1.74. The van der Waals surface area contributed by atoms with E-state index in [1.165, 1.54) is 11.0 Å². The van der Waals surface area contributed by atoms with Crippen LogP contribution in [-0.4, -0.2) is 48.7 Å². The minimum absolute atomic E-state index is 0.0230. The van der Waals surface area contributed by atoms with E-state index in [0.717, 1.165) is 0 Å². The van der Waals surface area contributed by atoms with E-state index in [1.807, 2.05) is 0 Å². The van der Waals surface area contributed by atoms with Crippen molar-refractivity contribution >= 4 is 34.5 Å². The van der Waals surface area contributed by atoms with Crippen LogP contribution in [-0.2, 0) is 0 Å². The van der Waals surface area contributed by atoms with Crippen molar-refractivity contribution in [3.05, 3.63) is 53.0 Å². The summed E-state index contributed by atoms with van der Waals surface area (Å²) in [6.07, 6.45) is 0. The zero-order chi connectivity index (χ0) is 25.4. The Hall–Kier alpha value is -2.04. The average Bonchev–Trinajstić information content (AvgIpc) is 2.84. The third-order valence-electron chi connectivity index (χ3n) is 3.50. The number of amidine groups is 1. The van der Waals surface area contributed by atoms with E-state index < -0.39 is 57.2 Å². The molecule has 1 saturated heterocycles. The van der Waals surface area contributed by atoms with Crippen LogP contribution < -0.4 is 5.32 Å². The Labute approximate surface area is 156 Å². The van der Waals surface area contributed by atoms with Crippen LogP contribution in [0.3, 0.4) is 0 Å². The fourth-order valence-corrected chi connectivity index (χ4v) is 2.55. The van der Waals surface area contributed by atoms with Crippen molar-refractivity contribution in [2.45, 2.75) is 0 Å². The van der Waals surface area contributed by atoms with Gasteiger partial charge in [-0.15, -0.1) is 0 Å². The number of nitrogens with one attached hydrogen (secondary N) is 1. The molecule has 0 atom stereocenters. The van der Waals surface area contributed by atoms with Crippen LogP contribution in [0.4, 0.5) is 17.1 Å². The first-order valence-corrected chi connectivity index (χ1v) is 7.24. The van der Waals surface area contributed by atoms with Gasteiger partial charge in [0.15, 0.2) is 0 Å². The second-order valence-corrected chi connectivity index (χ2v) is 5.42. The Bertz CT molecular complexity index is 1190. The molecule has 0 unspecified atom stereocenters. The van der Waals surface area contributed by atoms with E-state index >= 15 is 0 Å². The fourth-order valence-electron chi connectivity index (χ4n) is 2.38. The molecule has 2 aliphatic rings. The summed E-state index contributed by atoms with van der Waals surface area (Å²) in [4.78, 5) is 5.88. The summed E-state index contributed by atoms with van der Waals surface area (Å²) in [7, 11) is 0. The summed E-state index contributed by atoms with van der Waals surface area (Å²) in [5.41, 5.74) is 0.505. The molecule has 0 spiro atoms. The first-order chi connectivity index (χ1) is 15.5. The quantitative estimate of drug-likeness (QED) is 0.794. The highest BCUT2D eigenvalue weighted by molar-refractivity contribution is 6.31. The van der Waals surface area contributed by atoms with E-state index in [-0.39, 0.29) is 27.7 Å². The smallest absolute Gasteiger partial charge is 0.138 e. The van der Waals surface area contributed by atoms with Crippen LogP contribution in [0.2, 0.25) is 5.02 Å². The molecular formula is C18H19ClN4. The summed E-state index contributed by atoms with van der Waals surface area (Å²) in [5.74, 6) is -0.131. The van der Waals surface area contributed by atoms with Gasteiger partial charge in [-0.2, -0.15) is 0 Å². The van der Waals surface area contributed by atoms with Crippen molar-refractivity contribution in [1.82, 2.24) is 9.80 Å². The van der Waals surface area contributed by atoms with Gasteiger partial charge in [-0.3, -0.25) is 0 Å². The van der Waals surface area contributed by atoms with Gasteiger partial charge in [-0.25, -0.2) is 4.99 Å². The molecule has 1 fully saturated rings. The van der Waals surface area contributed by atoms with Crippen LogP contribution in [0.1, 0.15) is 20.6 Å². The van der Waals surface area contributed by atoms with Crippen LogP contribution in [0.25, 0.3) is 0 Å². The van der Waals surface area contributed by atoms with Gasteiger partial charge in [0.25, 0.3) is 0 Å². The zero-order valence-electron chi connectivity index (χ0n) is 22.9. The van der Waals surface area contributed by atoms with Crippen LogP contribution in [0.15, 0.2) is 47.4 Å². The number of rotatable bonds is 0. The fraction of sp³-hybridized carbons (Fsp3) is 0.278. The number of piperazine rings is 1. The van der Waals surface area contributed by atoms with E-state index in [2.05, 4.69) is 10.3 Å². The number of likely N-dealkylation sites (N-methyl/N-ethyl adjacent to an activating group) is 1. The van der Waals surface area contributed by atoms with Crippen LogP contribution >= 0.6 is 11.6 Å². The minimum Gasteiger partial charge on any atom is -0.353 e. The van der Waals surface area contributed by atoms with Gasteiger partial charge in [0.05, 0.1) is 16.9 Å². The van der Waals surface area contributed by atoms with Gasteiger partial charge in [-0.1, -0.05) is 23.7 Å². The average molecular weight is 338 g/mol. The number of nitrogens with zero attached hydrogens (tertiary/aromatic N) is 3. The Morgan fingerprint density at radius 2 is 2.09 bits per heavy atom. The topological polar surface area (TPSA) is 30.9 Å². The Morgan fingerprint density at radius 3 is 2.91 bits per heavy atom. The Morgan fingerprint density at radius 1 is 1.26 bits per heavy atom. The van der Waals surface area contributed by atoms with Crippen molar-refractivity contribution in [3.8, 4) is 0 Å². The third-order valence-corrected chi connectivity index (χ3v) is 3.73. The van der Waals surface area contributed by atoms with E-state index in [1.54, 1.807) is 12.1 Å². The lowest BCUT2D eigenvalue weighted by molar-refractivity contribution is 0.216. The summed E-state index contributed by atoms with van der Waals surface area (Å²) < 4.78 is 89.3. The summed E-state index contributed by atoms with van der Waals surface area (Å²) in [6, 6.07) is 2.72. The number of hydrogen-bond donors (Lipinski definition) is 1. The predicted molar refractivity (Wildman–Crippen MR) is 96.4 cm³/mol. The largest absolute Gasteiger partial charge is 0.353 e. The summed E-state index contributed by atoms with van der Waals surface area (Å²) >= 11 is 6.11. The molecule has 2 heterocycles. The van der Waals surface area contributed by atoms with Crippen molar-refractivity contribution in [1.29, 1.82) is 0 Å². The maximum Gasteiger partial charge on any atom is 0.138 e. The van der Waals surface area contributed by atoms with E-state index in [4.69, 9.17) is 26.7 Å². The highest BCUT2D eigenvalue weighted by atomic mass is 35.5. The lowest BCUT2D eigenvalue weighted by Crippen LogP contribution is -2.47. The zero-order valence-corrected chi connectivity index (χ0v) is 12.6. The molecule has 2 aromatic rings. The van der Waals surface area contributed by atoms with Crippen LogP contribution in [0.5, 0.6) is 0 Å². The summed E-state index contributed by atoms with van der Waals surface area (Å²) in [5, 5.41) is 3.26. The van der Waals surface area contributed by atoms with Gasteiger partial charge in [-0.05, 0) is 37.3 Å². The molecule has 2 aliphatic heterocycles. The van der Waals surface area contributed by atoms with Crippen molar-refractivity contribution in [3.63, 3.8) is 0 Å². The molecule has 0 saturated carbocycles. The van der Waals surface area contributed by atoms with Gasteiger partial charge >= 0.3 is 0 Å². The second-order valence-electron chi connectivity index (χ2n) is 4.98. The third kappa shape index (κ3) is 2.80. The molecule has 2 aromatic carbocycles. The molecular weight excluding hydrogens is 308 g/mol. The maximum absolute atomic E-state index is 8.49. The molecule has 0 aromatic heterocycles. The number of hydrogen-bond acceptors (Lipinski definition) is 4. The molecule has 0 amide bonds. The molecule has 0 radical (unpaired) electrons. The minimum atomic E-state index is -3.06. The monoisotopic (exact) mass is 337 g/mol. The molecule has 118 valence electrons. The molecule has 4 nitrogen and oxygen atoms in total. The Balaban J connectivity index is 1.97.